The molecule has 102 valence electrons. The van der Waals surface area contributed by atoms with Crippen LogP contribution in [-0.2, 0) is 9.84 Å². The summed E-state index contributed by atoms with van der Waals surface area (Å²) in [5, 5.41) is 0. The van der Waals surface area contributed by atoms with E-state index in [2.05, 4.69) is 4.98 Å². The zero-order valence-corrected chi connectivity index (χ0v) is 11.0. The van der Waals surface area contributed by atoms with Gasteiger partial charge >= 0.3 is 0 Å². The fourth-order valence-electron chi connectivity index (χ4n) is 1.38. The second-order valence-electron chi connectivity index (χ2n) is 3.77. The minimum Gasteiger partial charge on any atom is -0.491 e. The van der Waals surface area contributed by atoms with Crippen LogP contribution in [0.2, 0.25) is 0 Å². The zero-order chi connectivity index (χ0) is 16.3. The molecule has 0 aliphatic carbocycles. The molecule has 6 nitrogen and oxygen atoms in total. The summed E-state index contributed by atoms with van der Waals surface area (Å²) in [5.74, 6) is -0.354. The van der Waals surface area contributed by atoms with Crippen molar-refractivity contribution >= 4 is 9.84 Å². The molecule has 0 unspecified atom stereocenters. The zero-order valence-electron chi connectivity index (χ0n) is 13.2. The van der Waals surface area contributed by atoms with E-state index in [0.717, 1.165) is 6.26 Å². The van der Waals surface area contributed by atoms with E-state index in [9.17, 15) is 8.42 Å². The van der Waals surface area contributed by atoms with Crippen molar-refractivity contribution < 1.29 is 22.0 Å². The van der Waals surface area contributed by atoms with Crippen LogP contribution in [0.4, 0.5) is 0 Å². The second kappa shape index (κ2) is 6.01. The van der Waals surface area contributed by atoms with Crippen LogP contribution >= 0.6 is 0 Å². The van der Waals surface area contributed by atoms with Gasteiger partial charge in [-0.2, -0.15) is 0 Å². The molecule has 0 aliphatic heterocycles. The largest absolute Gasteiger partial charge is 0.491 e. The third-order valence-corrected chi connectivity index (χ3v) is 3.06. The lowest BCUT2D eigenvalue weighted by molar-refractivity contribution is 0.297. The normalized spacial score (nSPS) is 16.3. The van der Waals surface area contributed by atoms with Gasteiger partial charge in [-0.15, -0.1) is 0 Å². The van der Waals surface area contributed by atoms with Crippen LogP contribution in [0.25, 0.3) is 0 Å². The van der Waals surface area contributed by atoms with Gasteiger partial charge in [-0.05, 0) is 19.1 Å². The van der Waals surface area contributed by atoms with E-state index >= 15 is 0 Å². The fourth-order valence-corrected chi connectivity index (χ4v) is 2.20. The average Bonchev–Trinajstić information content (AvgIpc) is 2.27. The number of aromatic nitrogens is 1. The Morgan fingerprint density at radius 3 is 2.83 bits per heavy atom. The van der Waals surface area contributed by atoms with E-state index in [-0.39, 0.29) is 29.7 Å². The van der Waals surface area contributed by atoms with Crippen molar-refractivity contribution in [1.29, 1.82) is 0 Å². The molecule has 1 rings (SSSR count). The summed E-state index contributed by atoms with van der Waals surface area (Å²) in [6.45, 7) is 1.94. The summed E-state index contributed by atoms with van der Waals surface area (Å²) in [7, 11) is -5.90. The molecule has 0 aromatic carbocycles. The number of pyridine rings is 1. The van der Waals surface area contributed by atoms with E-state index in [4.69, 9.17) is 19.3 Å². The van der Waals surface area contributed by atoms with E-state index < -0.39 is 22.9 Å². The molecule has 0 radical (unpaired) electrons. The molecule has 0 saturated carbocycles. The molecule has 0 aliphatic rings. The lowest BCUT2D eigenvalue weighted by Crippen LogP contribution is -2.22. The highest BCUT2D eigenvalue weighted by Crippen LogP contribution is 2.26. The molecule has 7 heteroatoms. The van der Waals surface area contributed by atoms with Crippen LogP contribution in [0.3, 0.4) is 0 Å². The van der Waals surface area contributed by atoms with Gasteiger partial charge in [0, 0.05) is 6.26 Å². The maximum atomic E-state index is 11.2. The number of hydrogen-bond donors (Lipinski definition) is 1. The summed E-state index contributed by atoms with van der Waals surface area (Å²) in [6, 6.07) is 1.93. The highest BCUT2D eigenvalue weighted by atomic mass is 32.2. The van der Waals surface area contributed by atoms with E-state index in [1.54, 1.807) is 6.92 Å². The summed E-state index contributed by atoms with van der Waals surface area (Å²) in [6.07, 6.45) is 1.07. The highest BCUT2D eigenvalue weighted by molar-refractivity contribution is 7.90. The number of rotatable bonds is 6. The molecular formula is C11H18N2O4S. The molecule has 0 spiro atoms. The quantitative estimate of drug-likeness (QED) is 0.815. The summed E-state index contributed by atoms with van der Waals surface area (Å²) in [5.41, 5.74) is 6.05. The Morgan fingerprint density at radius 1 is 1.56 bits per heavy atom. The van der Waals surface area contributed by atoms with Crippen molar-refractivity contribution in [3.05, 3.63) is 17.8 Å². The number of methoxy groups -OCH3 is 1. The molecular weight excluding hydrogens is 256 g/mol. The SMILES string of the molecule is [2H]C([2H])([2H])Oc1ccc([C@H](N)CS(C)(=O)=O)nc1OCC. The minimum absolute atomic E-state index is 0.0323. The lowest BCUT2D eigenvalue weighted by atomic mass is 10.2. The van der Waals surface area contributed by atoms with Crippen LogP contribution in [0.1, 0.15) is 22.8 Å². The van der Waals surface area contributed by atoms with Crippen molar-refractivity contribution in [1.82, 2.24) is 4.98 Å². The van der Waals surface area contributed by atoms with Gasteiger partial charge in [-0.25, -0.2) is 13.4 Å². The average molecular weight is 277 g/mol. The standard InChI is InChI=1S/C11H18N2O4S/c1-4-17-11-10(16-2)6-5-9(13-11)8(12)7-18(3,14)15/h5-6,8H,4,7,12H2,1-3H3/t8-/m1/s1/i2D3. The predicted octanol–water partition coefficient (Wildman–Crippen LogP) is 0.533. The maximum absolute atomic E-state index is 11.2. The molecule has 18 heavy (non-hydrogen) atoms. The van der Waals surface area contributed by atoms with Gasteiger partial charge in [-0.3, -0.25) is 0 Å². The Labute approximate surface area is 111 Å². The highest BCUT2D eigenvalue weighted by Gasteiger charge is 2.17. The van der Waals surface area contributed by atoms with Gasteiger partial charge in [0.2, 0.25) is 0 Å². The van der Waals surface area contributed by atoms with Gasteiger partial charge in [0.05, 0.1) is 35.2 Å². The van der Waals surface area contributed by atoms with Crippen LogP contribution < -0.4 is 15.2 Å². The van der Waals surface area contributed by atoms with Crippen LogP contribution in [0.5, 0.6) is 11.6 Å². The van der Waals surface area contributed by atoms with Crippen molar-refractivity contribution in [2.45, 2.75) is 13.0 Å². The monoisotopic (exact) mass is 277 g/mol. The first-order chi connectivity index (χ1) is 9.52. The molecule has 1 atom stereocenters. The third-order valence-electron chi connectivity index (χ3n) is 2.10. The second-order valence-corrected chi connectivity index (χ2v) is 5.96. The topological polar surface area (TPSA) is 91.5 Å². The van der Waals surface area contributed by atoms with Gasteiger partial charge in [0.15, 0.2) is 5.75 Å². The number of nitrogens with two attached hydrogens (primary N) is 1. The Hall–Kier alpha value is -1.34. The first-order valence-electron chi connectivity index (χ1n) is 6.78. The third kappa shape index (κ3) is 4.15. The molecule has 0 amide bonds. The molecule has 0 bridgehead atoms. The summed E-state index contributed by atoms with van der Waals surface area (Å²) < 4.78 is 53.7. The van der Waals surface area contributed by atoms with Crippen LogP contribution in [-0.4, -0.2) is 39.1 Å². The maximum Gasteiger partial charge on any atom is 0.257 e. The molecule has 0 saturated heterocycles. The van der Waals surface area contributed by atoms with Crippen molar-refractivity contribution in [2.24, 2.45) is 5.73 Å². The Balaban J connectivity index is 3.07. The van der Waals surface area contributed by atoms with E-state index in [0.29, 0.717) is 0 Å². The molecule has 0 fully saturated rings. The molecule has 1 aromatic rings. The smallest absolute Gasteiger partial charge is 0.257 e. The molecule has 1 heterocycles. The van der Waals surface area contributed by atoms with Crippen molar-refractivity contribution in [3.8, 4) is 11.6 Å². The number of ether oxygens (including phenoxy) is 2. The van der Waals surface area contributed by atoms with Crippen LogP contribution in [0.15, 0.2) is 12.1 Å². The first-order valence-corrected chi connectivity index (χ1v) is 7.34. The molecule has 2 N–H and O–H groups in total. The Bertz CT molecular complexity index is 590. The lowest BCUT2D eigenvalue weighted by Gasteiger charge is -2.13. The summed E-state index contributed by atoms with van der Waals surface area (Å²) in [4.78, 5) is 4.04. The van der Waals surface area contributed by atoms with E-state index in [1.807, 2.05) is 0 Å². The van der Waals surface area contributed by atoms with Crippen molar-refractivity contribution in [3.63, 3.8) is 0 Å². The Kier molecular flexibility index (Phi) is 3.53. The predicted molar refractivity (Wildman–Crippen MR) is 68.6 cm³/mol. The molecule has 1 aromatic heterocycles. The van der Waals surface area contributed by atoms with Gasteiger partial charge in [-0.1, -0.05) is 0 Å². The Morgan fingerprint density at radius 2 is 2.28 bits per heavy atom. The number of sulfone groups is 1. The van der Waals surface area contributed by atoms with Crippen molar-refractivity contribution in [2.75, 3.05) is 25.7 Å². The number of nitrogens with zero attached hydrogens (tertiary/aromatic N) is 1. The summed E-state index contributed by atoms with van der Waals surface area (Å²) >= 11 is 0. The van der Waals surface area contributed by atoms with Gasteiger partial charge < -0.3 is 15.2 Å². The fraction of sp³-hybridized carbons (Fsp3) is 0.545. The van der Waals surface area contributed by atoms with Gasteiger partial charge in [0.25, 0.3) is 5.88 Å². The van der Waals surface area contributed by atoms with Gasteiger partial charge in [0.1, 0.15) is 9.84 Å². The van der Waals surface area contributed by atoms with E-state index in [1.165, 1.54) is 12.1 Å². The first kappa shape index (κ1) is 10.6. The minimum atomic E-state index is -3.26. The number of hydrogen-bond acceptors (Lipinski definition) is 6. The van der Waals surface area contributed by atoms with Crippen LogP contribution in [0, 0.1) is 0 Å².